The predicted molar refractivity (Wildman–Crippen MR) is 165 cm³/mol. The van der Waals surface area contributed by atoms with Crippen LogP contribution in [-0.4, -0.2) is 83.9 Å². The molecule has 3 aliphatic rings. The molecule has 2 atom stereocenters. The Morgan fingerprint density at radius 3 is 2.39 bits per heavy atom. The number of H-pyrrole nitrogens is 1. The molecule has 17 heteroatoms. The number of nitrogens with zero attached hydrogens (tertiary/aromatic N) is 4. The molecule has 244 valence electrons. The predicted octanol–water partition coefficient (Wildman–Crippen LogP) is 4.64. The molecule has 2 N–H and O–H groups in total. The molecule has 4 aromatic rings. The molecule has 2 saturated heterocycles. The summed E-state index contributed by atoms with van der Waals surface area (Å²) in [7, 11) is -2.11. The molecule has 0 bridgehead atoms. The molecule has 7 rings (SSSR count). The number of aliphatic carboxylic acids is 1. The number of aromatic nitrogens is 2. The van der Waals surface area contributed by atoms with Gasteiger partial charge in [0, 0.05) is 49.7 Å². The van der Waals surface area contributed by atoms with Crippen LogP contribution in [0.5, 0.6) is 0 Å². The Labute approximate surface area is 269 Å². The van der Waals surface area contributed by atoms with Gasteiger partial charge in [0.2, 0.25) is 11.8 Å². The molecule has 3 fully saturated rings. The largest absolute Gasteiger partial charge is 0.490 e. The summed E-state index contributed by atoms with van der Waals surface area (Å²) in [6, 6.07) is 11.2. The summed E-state index contributed by atoms with van der Waals surface area (Å²) in [6.07, 6.45) is -1.15. The number of hydrogen-bond acceptors (Lipinski definition) is 9. The molecule has 1 saturated carbocycles. The van der Waals surface area contributed by atoms with Gasteiger partial charge in [0.05, 0.1) is 28.7 Å². The minimum absolute atomic E-state index is 0.0804. The van der Waals surface area contributed by atoms with Crippen LogP contribution >= 0.6 is 22.7 Å². The number of halogens is 3. The lowest BCUT2D eigenvalue weighted by molar-refractivity contribution is -0.192. The average molecular weight is 696 g/mol. The first-order chi connectivity index (χ1) is 21.7. The van der Waals surface area contributed by atoms with Crippen molar-refractivity contribution in [2.24, 2.45) is 17.8 Å². The quantitative estimate of drug-likeness (QED) is 0.254. The van der Waals surface area contributed by atoms with Crippen LogP contribution in [0.4, 0.5) is 18.9 Å². The minimum Gasteiger partial charge on any atom is -0.475 e. The van der Waals surface area contributed by atoms with E-state index in [1.165, 1.54) is 16.2 Å². The first-order valence-electron chi connectivity index (χ1n) is 14.2. The molecule has 2 amide bonds. The topological polar surface area (TPSA) is 144 Å². The number of carbonyl (C=O) groups is 3. The van der Waals surface area contributed by atoms with E-state index in [0.29, 0.717) is 42.0 Å². The Hall–Kier alpha value is -3.80. The van der Waals surface area contributed by atoms with Gasteiger partial charge in [-0.3, -0.25) is 23.7 Å². The highest BCUT2D eigenvalue weighted by Gasteiger charge is 2.50. The number of sulfonamides is 1. The Morgan fingerprint density at radius 2 is 1.80 bits per heavy atom. The molecule has 2 aliphatic heterocycles. The molecule has 5 heterocycles. The van der Waals surface area contributed by atoms with Gasteiger partial charge < -0.3 is 10.1 Å². The van der Waals surface area contributed by atoms with E-state index < -0.39 is 22.2 Å². The number of thiazole rings is 1. The van der Waals surface area contributed by atoms with E-state index >= 15 is 0 Å². The van der Waals surface area contributed by atoms with Gasteiger partial charge in [-0.25, -0.2) is 18.2 Å². The number of carboxylic acids is 1. The first-order valence-corrected chi connectivity index (χ1v) is 17.3. The van der Waals surface area contributed by atoms with E-state index in [1.54, 1.807) is 40.2 Å². The molecule has 3 aromatic heterocycles. The Kier molecular flexibility index (Phi) is 8.45. The maximum absolute atomic E-state index is 13.6. The van der Waals surface area contributed by atoms with E-state index in [4.69, 9.17) is 9.90 Å². The second-order valence-electron chi connectivity index (χ2n) is 11.4. The molecule has 0 spiro atoms. The molecule has 1 aliphatic carbocycles. The maximum Gasteiger partial charge on any atom is 0.490 e. The van der Waals surface area contributed by atoms with Gasteiger partial charge in [-0.15, -0.1) is 22.7 Å². The van der Waals surface area contributed by atoms with Crippen LogP contribution in [0, 0.1) is 17.8 Å². The number of thiophene rings is 1. The van der Waals surface area contributed by atoms with E-state index in [2.05, 4.69) is 14.9 Å². The van der Waals surface area contributed by atoms with Gasteiger partial charge in [-0.2, -0.15) is 13.2 Å². The number of rotatable bonds is 8. The number of anilines is 1. The fraction of sp³-hybridized carbons (Fsp3) is 0.379. The zero-order valence-corrected chi connectivity index (χ0v) is 26.7. The van der Waals surface area contributed by atoms with Crippen LogP contribution in [-0.2, 0) is 31.0 Å². The van der Waals surface area contributed by atoms with Gasteiger partial charge in [-0.05, 0) is 42.3 Å². The average Bonchev–Trinajstić information content (AvgIpc) is 3.52. The Bertz CT molecular complexity index is 1880. The smallest absolute Gasteiger partial charge is 0.475 e. The lowest BCUT2D eigenvalue weighted by atomic mass is 10.00. The van der Waals surface area contributed by atoms with Gasteiger partial charge in [0.15, 0.2) is 0 Å². The minimum atomic E-state index is -5.08. The maximum atomic E-state index is 13.6. The van der Waals surface area contributed by atoms with Crippen LogP contribution < -0.4 is 4.31 Å². The molecule has 11 nitrogen and oxygen atoms in total. The van der Waals surface area contributed by atoms with Crippen molar-refractivity contribution in [3.8, 4) is 10.7 Å². The van der Waals surface area contributed by atoms with Gasteiger partial charge in [0.1, 0.15) is 9.22 Å². The zero-order valence-electron chi connectivity index (χ0n) is 24.2. The molecule has 2 unspecified atom stereocenters. The number of imide groups is 1. The van der Waals surface area contributed by atoms with Crippen LogP contribution in [0.3, 0.4) is 0 Å². The first kappa shape index (κ1) is 32.2. The van der Waals surface area contributed by atoms with Crippen LogP contribution in [0.25, 0.3) is 21.6 Å². The number of para-hydroxylation sites is 1. The number of carbonyl (C=O) groups excluding carboxylic acids is 2. The number of aromatic amines is 1. The third-order valence-corrected chi connectivity index (χ3v) is 12.3. The van der Waals surface area contributed by atoms with Crippen molar-refractivity contribution in [3.05, 3.63) is 52.9 Å². The van der Waals surface area contributed by atoms with Crippen molar-refractivity contribution in [3.63, 3.8) is 0 Å². The van der Waals surface area contributed by atoms with Crippen LogP contribution in [0.2, 0.25) is 0 Å². The monoisotopic (exact) mass is 695 g/mol. The van der Waals surface area contributed by atoms with Crippen molar-refractivity contribution in [2.45, 2.75) is 29.8 Å². The van der Waals surface area contributed by atoms with Crippen molar-refractivity contribution in [1.29, 1.82) is 0 Å². The summed E-state index contributed by atoms with van der Waals surface area (Å²) in [5.74, 6) is -3.03. The van der Waals surface area contributed by atoms with E-state index in [-0.39, 0.29) is 23.7 Å². The third kappa shape index (κ3) is 6.28. The zero-order chi connectivity index (χ0) is 33.0. The highest BCUT2D eigenvalue weighted by Crippen LogP contribution is 2.39. The molecule has 46 heavy (non-hydrogen) atoms. The number of alkyl halides is 3. The summed E-state index contributed by atoms with van der Waals surface area (Å²) < 4.78 is 60.9. The summed E-state index contributed by atoms with van der Waals surface area (Å²) in [4.78, 5) is 46.2. The Balaban J connectivity index is 0.000000480. The lowest BCUT2D eigenvalue weighted by Gasteiger charge is -2.24. The second-order valence-corrected chi connectivity index (χ2v) is 15.6. The van der Waals surface area contributed by atoms with Gasteiger partial charge >= 0.3 is 12.1 Å². The van der Waals surface area contributed by atoms with Crippen molar-refractivity contribution >= 4 is 67.1 Å². The number of carboxylic acid groups (broad SMARTS) is 1. The van der Waals surface area contributed by atoms with Gasteiger partial charge in [-0.1, -0.05) is 18.2 Å². The van der Waals surface area contributed by atoms with Gasteiger partial charge in [0.25, 0.3) is 10.0 Å². The second kappa shape index (κ2) is 12.1. The third-order valence-electron chi connectivity index (χ3n) is 8.16. The highest BCUT2D eigenvalue weighted by atomic mass is 32.2. The summed E-state index contributed by atoms with van der Waals surface area (Å²) >= 11 is 2.80. The normalized spacial score (nSPS) is 20.2. The van der Waals surface area contributed by atoms with Crippen LogP contribution in [0.1, 0.15) is 17.7 Å². The van der Waals surface area contributed by atoms with E-state index in [1.807, 2.05) is 30.5 Å². The Morgan fingerprint density at radius 1 is 1.13 bits per heavy atom. The molecule has 1 aromatic carbocycles. The number of amides is 2. The number of benzene rings is 1. The SMILES string of the molecule is CN1C(=O)C2CN(Cc3cnc(-c4cc5cccc(N(CC6CC6)S(=O)(=O)c6cccs6)c5[nH]4)s3)CC2C1=O.O=C(O)C(F)(F)F. The fourth-order valence-electron chi connectivity index (χ4n) is 5.69. The molecular formula is C29H28F3N5O6S3. The van der Waals surface area contributed by atoms with E-state index in [0.717, 1.165) is 39.3 Å². The van der Waals surface area contributed by atoms with Crippen molar-refractivity contribution in [1.82, 2.24) is 19.8 Å². The summed E-state index contributed by atoms with van der Waals surface area (Å²) in [5.41, 5.74) is 2.26. The molecular weight excluding hydrogens is 668 g/mol. The van der Waals surface area contributed by atoms with Crippen molar-refractivity contribution in [2.75, 3.05) is 31.0 Å². The fourth-order valence-corrected chi connectivity index (χ4v) is 9.27. The number of likely N-dealkylation sites (tertiary alicyclic amines) is 2. The van der Waals surface area contributed by atoms with E-state index in [9.17, 15) is 31.2 Å². The summed E-state index contributed by atoms with van der Waals surface area (Å²) in [5, 5.41) is 10.7. The number of fused-ring (bicyclic) bond motifs is 2. The summed E-state index contributed by atoms with van der Waals surface area (Å²) in [6.45, 7) is 2.26. The number of hydrogen-bond donors (Lipinski definition) is 2. The lowest BCUT2D eigenvalue weighted by Crippen LogP contribution is -2.32. The highest BCUT2D eigenvalue weighted by molar-refractivity contribution is 7.94. The standard InChI is InChI=1S/C27H27N5O4S3.C2HF3O2/c1-30-26(33)19-14-31(15-20(19)27(30)34)13-18-11-28-25(38-18)21-10-17-4-2-5-22(24(17)29-21)32(12-16-7-8-16)39(35,36)23-6-3-9-37-23;3-2(4,5)1(6)7/h2-6,9-11,16,19-20,29H,7-8,12-15H2,1H3;(H,6,7). The number of nitrogens with one attached hydrogen (secondary N) is 1. The van der Waals surface area contributed by atoms with Crippen molar-refractivity contribution < 1.29 is 41.1 Å². The molecule has 0 radical (unpaired) electrons. The van der Waals surface area contributed by atoms with Crippen LogP contribution in [0.15, 0.2) is 52.2 Å².